The fraction of sp³-hybridized carbons (Fsp3) is 0.526. The number of nitrogens with one attached hydrogen (secondary N) is 1. The van der Waals surface area contributed by atoms with Crippen LogP contribution in [-0.2, 0) is 9.53 Å². The molecule has 1 amide bonds. The number of halogens is 1. The van der Waals surface area contributed by atoms with Gasteiger partial charge < -0.3 is 15.9 Å². The van der Waals surface area contributed by atoms with Crippen molar-refractivity contribution in [1.82, 2.24) is 5.32 Å². The zero-order valence-electron chi connectivity index (χ0n) is 14.6. The zero-order valence-corrected chi connectivity index (χ0v) is 15.3. The van der Waals surface area contributed by atoms with Gasteiger partial charge in [-0.25, -0.2) is 0 Å². The van der Waals surface area contributed by atoms with Crippen LogP contribution in [0.5, 0.6) is 0 Å². The van der Waals surface area contributed by atoms with Crippen molar-refractivity contribution >= 4 is 35.1 Å². The summed E-state index contributed by atoms with van der Waals surface area (Å²) in [6.07, 6.45) is 7.94. The summed E-state index contributed by atoms with van der Waals surface area (Å²) in [5, 5.41) is 7.75. The number of nitrogens with zero attached hydrogens (tertiary/aromatic N) is 2. The monoisotopic (exact) mass is 374 g/mol. The van der Waals surface area contributed by atoms with Gasteiger partial charge in [0, 0.05) is 16.0 Å². The average Bonchev–Trinajstić information content (AvgIpc) is 2.51. The van der Waals surface area contributed by atoms with Gasteiger partial charge in [-0.2, -0.15) is 5.10 Å². The van der Waals surface area contributed by atoms with Crippen LogP contribution in [0.15, 0.2) is 34.4 Å². The van der Waals surface area contributed by atoms with Crippen molar-refractivity contribution in [2.75, 3.05) is 6.61 Å². The highest BCUT2D eigenvalue weighted by atomic mass is 35.5. The molecule has 1 aromatic rings. The topological polar surface area (TPSA) is 89.1 Å². The van der Waals surface area contributed by atoms with E-state index in [0.717, 1.165) is 43.5 Å². The first-order valence-corrected chi connectivity index (χ1v) is 9.41. The zero-order chi connectivity index (χ0) is 18.2. The van der Waals surface area contributed by atoms with Gasteiger partial charge in [0.1, 0.15) is 6.61 Å². The molecule has 26 heavy (non-hydrogen) atoms. The number of amides is 1. The van der Waals surface area contributed by atoms with Crippen LogP contribution in [0, 0.1) is 5.41 Å². The van der Waals surface area contributed by atoms with Gasteiger partial charge in [0.05, 0.1) is 23.7 Å². The largest absolute Gasteiger partial charge is 0.368 e. The van der Waals surface area contributed by atoms with Crippen LogP contribution in [-0.4, -0.2) is 36.1 Å². The van der Waals surface area contributed by atoms with E-state index in [9.17, 15) is 4.79 Å². The van der Waals surface area contributed by atoms with E-state index in [4.69, 9.17) is 22.2 Å². The second-order valence-corrected chi connectivity index (χ2v) is 8.19. The molecule has 4 aliphatic carbocycles. The molecule has 0 saturated heterocycles. The Morgan fingerprint density at radius 1 is 1.31 bits per heavy atom. The van der Waals surface area contributed by atoms with Gasteiger partial charge in [-0.05, 0) is 62.8 Å². The average molecular weight is 375 g/mol. The summed E-state index contributed by atoms with van der Waals surface area (Å²) >= 11 is 5.88. The Morgan fingerprint density at radius 3 is 2.58 bits per heavy atom. The molecule has 5 rings (SSSR count). The molecule has 0 heterocycles. The molecule has 0 aliphatic heterocycles. The van der Waals surface area contributed by atoms with Gasteiger partial charge in [-0.15, -0.1) is 0 Å². The van der Waals surface area contributed by atoms with Crippen molar-refractivity contribution in [1.29, 1.82) is 0 Å². The first-order chi connectivity index (χ1) is 12.5. The van der Waals surface area contributed by atoms with Gasteiger partial charge >= 0.3 is 0 Å². The Bertz CT molecular complexity index is 736. The summed E-state index contributed by atoms with van der Waals surface area (Å²) in [6, 6.07) is 7.28. The van der Waals surface area contributed by atoms with E-state index < -0.39 is 0 Å². The van der Waals surface area contributed by atoms with E-state index in [1.165, 1.54) is 6.42 Å². The first-order valence-electron chi connectivity index (χ1n) is 9.03. The highest BCUT2D eigenvalue weighted by Gasteiger charge is 2.70. The normalized spacial score (nSPS) is 30.4. The summed E-state index contributed by atoms with van der Waals surface area (Å²) in [6.45, 7) is 0.162. The van der Waals surface area contributed by atoms with E-state index in [1.807, 2.05) is 12.1 Å². The molecule has 0 unspecified atom stereocenters. The summed E-state index contributed by atoms with van der Waals surface area (Å²) in [5.74, 6) is 5.57. The highest BCUT2D eigenvalue weighted by Crippen LogP contribution is 2.67. The van der Waals surface area contributed by atoms with Crippen molar-refractivity contribution in [2.24, 2.45) is 21.4 Å². The Hall–Kier alpha value is -1.92. The number of aliphatic imine (C=N–C) groups is 1. The van der Waals surface area contributed by atoms with Crippen molar-refractivity contribution in [3.63, 3.8) is 0 Å². The minimum Gasteiger partial charge on any atom is -0.368 e. The molecule has 138 valence electrons. The number of rotatable bonds is 7. The summed E-state index contributed by atoms with van der Waals surface area (Å²) in [4.78, 5) is 16.5. The molecule has 0 atom stereocenters. The van der Waals surface area contributed by atoms with E-state index in [0.29, 0.717) is 5.02 Å². The number of hydrazone groups is 1. The van der Waals surface area contributed by atoms with Crippen molar-refractivity contribution in [2.45, 2.75) is 50.2 Å². The summed E-state index contributed by atoms with van der Waals surface area (Å²) in [5.41, 5.74) is 1.43. The van der Waals surface area contributed by atoms with Gasteiger partial charge in [-0.1, -0.05) is 11.6 Å². The molecule has 2 bridgehead atoms. The molecule has 7 heteroatoms. The van der Waals surface area contributed by atoms with Gasteiger partial charge in [-0.3, -0.25) is 9.79 Å². The third-order valence-corrected chi connectivity index (χ3v) is 6.03. The first kappa shape index (κ1) is 17.5. The van der Waals surface area contributed by atoms with Crippen molar-refractivity contribution in [3.8, 4) is 0 Å². The van der Waals surface area contributed by atoms with E-state index in [1.54, 1.807) is 18.3 Å². The lowest BCUT2D eigenvalue weighted by atomic mass is 9.38. The smallest absolute Gasteiger partial charge is 0.246 e. The number of carbonyl (C=O) groups excluding carboxylic acids is 1. The van der Waals surface area contributed by atoms with E-state index in [-0.39, 0.29) is 29.6 Å². The van der Waals surface area contributed by atoms with Crippen LogP contribution in [0.25, 0.3) is 0 Å². The quantitative estimate of drug-likeness (QED) is 0.437. The predicted octanol–water partition coefficient (Wildman–Crippen LogP) is 2.97. The third-order valence-electron chi connectivity index (χ3n) is 5.78. The number of nitrogens with two attached hydrogens (primary N) is 1. The minimum absolute atomic E-state index is 0.0220. The fourth-order valence-electron chi connectivity index (χ4n) is 4.23. The third kappa shape index (κ3) is 3.23. The maximum Gasteiger partial charge on any atom is 0.246 e. The Balaban J connectivity index is 1.28. The molecular weight excluding hydrogens is 352 g/mol. The molecule has 0 spiro atoms. The molecule has 0 radical (unpaired) electrons. The van der Waals surface area contributed by atoms with Gasteiger partial charge in [0.15, 0.2) is 0 Å². The van der Waals surface area contributed by atoms with Crippen LogP contribution < -0.4 is 11.2 Å². The lowest BCUT2D eigenvalue weighted by Crippen LogP contribution is -2.77. The van der Waals surface area contributed by atoms with Crippen LogP contribution in [0.1, 0.15) is 38.5 Å². The van der Waals surface area contributed by atoms with Crippen molar-refractivity contribution in [3.05, 3.63) is 29.3 Å². The number of hydrogen-bond acceptors (Lipinski definition) is 5. The van der Waals surface area contributed by atoms with Crippen LogP contribution >= 0.6 is 11.6 Å². The van der Waals surface area contributed by atoms with Crippen LogP contribution in [0.3, 0.4) is 0 Å². The number of benzene rings is 1. The molecule has 3 N–H and O–H groups in total. The van der Waals surface area contributed by atoms with Crippen molar-refractivity contribution < 1.29 is 9.53 Å². The lowest BCUT2D eigenvalue weighted by Gasteiger charge is -2.70. The highest BCUT2D eigenvalue weighted by molar-refractivity contribution is 6.34. The maximum absolute atomic E-state index is 12.1. The van der Waals surface area contributed by atoms with Crippen LogP contribution in [0.4, 0.5) is 5.69 Å². The molecule has 4 saturated carbocycles. The van der Waals surface area contributed by atoms with Gasteiger partial charge in [0.25, 0.3) is 0 Å². The minimum atomic E-state index is -0.107. The Labute approximate surface area is 157 Å². The van der Waals surface area contributed by atoms with Gasteiger partial charge in [0.2, 0.25) is 5.91 Å². The maximum atomic E-state index is 12.1. The molecule has 6 nitrogen and oxygen atoms in total. The molecule has 4 fully saturated rings. The predicted molar refractivity (Wildman–Crippen MR) is 102 cm³/mol. The molecule has 0 aromatic heterocycles. The Kier molecular flexibility index (Phi) is 4.49. The SMILES string of the molecule is N/N=C(\C=Nc1ccc(Cl)cc1)C12CC(NC(=O)COC3CCC3)(C1)C2. The van der Waals surface area contributed by atoms with Crippen LogP contribution in [0.2, 0.25) is 5.02 Å². The lowest BCUT2D eigenvalue weighted by molar-refractivity contribution is -0.147. The standard InChI is InChI=1S/C19H23ClN4O2/c20-13-4-6-14(7-5-13)22-8-16(24-21)18-10-19(11-18,12-18)23-17(25)9-26-15-2-1-3-15/h4-8,15H,1-3,9-12,21H2,(H,23,25)/b22-8?,24-16+. The van der Waals surface area contributed by atoms with E-state index >= 15 is 0 Å². The second-order valence-electron chi connectivity index (χ2n) is 7.75. The Morgan fingerprint density at radius 2 is 2.00 bits per heavy atom. The summed E-state index contributed by atoms with van der Waals surface area (Å²) < 4.78 is 5.57. The molecular formula is C19H23ClN4O2. The number of hydrogen-bond donors (Lipinski definition) is 2. The summed E-state index contributed by atoms with van der Waals surface area (Å²) in [7, 11) is 0. The van der Waals surface area contributed by atoms with E-state index in [2.05, 4.69) is 15.4 Å². The second kappa shape index (κ2) is 6.67. The molecule has 4 aliphatic rings. The molecule has 1 aromatic carbocycles. The number of carbonyl (C=O) groups is 1. The fourth-order valence-corrected chi connectivity index (χ4v) is 4.35. The number of ether oxygens (including phenoxy) is 1.